The molecule has 1 unspecified atom stereocenters. The van der Waals surface area contributed by atoms with Crippen molar-refractivity contribution in [3.8, 4) is 5.75 Å². The molecule has 1 aliphatic carbocycles. The van der Waals surface area contributed by atoms with E-state index in [1.165, 1.54) is 12.8 Å². The van der Waals surface area contributed by atoms with Gasteiger partial charge < -0.3 is 15.2 Å². The van der Waals surface area contributed by atoms with E-state index in [-0.39, 0.29) is 17.9 Å². The second-order valence-electron chi connectivity index (χ2n) is 7.24. The second kappa shape index (κ2) is 8.88. The molecule has 0 spiro atoms. The van der Waals surface area contributed by atoms with Crippen LogP contribution >= 0.6 is 0 Å². The molecule has 138 valence electrons. The number of nitrogens with one attached hydrogen (secondary N) is 1. The third-order valence-electron chi connectivity index (χ3n) is 5.27. The number of benzene rings is 1. The number of rotatable bonds is 7. The van der Waals surface area contributed by atoms with Crippen molar-refractivity contribution in [2.75, 3.05) is 13.7 Å². The van der Waals surface area contributed by atoms with Gasteiger partial charge in [0.25, 0.3) is 0 Å². The Hall–Kier alpha value is -2.04. The minimum Gasteiger partial charge on any atom is -0.496 e. The highest BCUT2D eigenvalue weighted by atomic mass is 16.5. The van der Waals surface area contributed by atoms with Gasteiger partial charge in [0.05, 0.1) is 13.0 Å². The number of amides is 1. The van der Waals surface area contributed by atoms with Gasteiger partial charge in [0, 0.05) is 12.0 Å². The van der Waals surface area contributed by atoms with Crippen LogP contribution in [0, 0.1) is 11.3 Å². The summed E-state index contributed by atoms with van der Waals surface area (Å²) in [5.41, 5.74) is 0.469. The van der Waals surface area contributed by atoms with Crippen molar-refractivity contribution in [3.63, 3.8) is 0 Å². The van der Waals surface area contributed by atoms with Gasteiger partial charge in [-0.25, -0.2) is 0 Å². The number of ether oxygens (including phenoxy) is 1. The van der Waals surface area contributed by atoms with Gasteiger partial charge >= 0.3 is 5.97 Å². The minimum absolute atomic E-state index is 0.0133. The maximum atomic E-state index is 12.6. The average Bonchev–Trinajstić information content (AvgIpc) is 2.84. The van der Waals surface area contributed by atoms with E-state index in [9.17, 15) is 14.7 Å². The van der Waals surface area contributed by atoms with Crippen LogP contribution < -0.4 is 10.1 Å². The molecule has 0 aliphatic heterocycles. The molecule has 5 nitrogen and oxygen atoms in total. The molecular formula is C20H29NO4. The molecular weight excluding hydrogens is 318 g/mol. The van der Waals surface area contributed by atoms with E-state index < -0.39 is 11.9 Å². The number of para-hydroxylation sites is 1. The molecule has 1 amide bonds. The molecule has 2 N–H and O–H groups in total. The monoisotopic (exact) mass is 347 g/mol. The molecule has 0 saturated heterocycles. The van der Waals surface area contributed by atoms with Gasteiger partial charge in [-0.1, -0.05) is 50.8 Å². The van der Waals surface area contributed by atoms with Crippen LogP contribution in [0.25, 0.3) is 0 Å². The zero-order valence-corrected chi connectivity index (χ0v) is 15.2. The summed E-state index contributed by atoms with van der Waals surface area (Å²) in [4.78, 5) is 24.3. The Bertz CT molecular complexity index is 591. The third kappa shape index (κ3) is 5.21. The average molecular weight is 347 g/mol. The molecule has 0 bridgehead atoms. The maximum absolute atomic E-state index is 12.6. The van der Waals surface area contributed by atoms with Crippen LogP contribution in [0.15, 0.2) is 24.3 Å². The van der Waals surface area contributed by atoms with E-state index >= 15 is 0 Å². The van der Waals surface area contributed by atoms with E-state index in [0.29, 0.717) is 12.2 Å². The first-order chi connectivity index (χ1) is 12.0. The molecule has 2 rings (SSSR count). The van der Waals surface area contributed by atoms with Gasteiger partial charge in [-0.2, -0.15) is 0 Å². The SMILES string of the molecule is COc1ccccc1CC(CNC(=O)C1(C)CCCCCC1)C(=O)O. The van der Waals surface area contributed by atoms with E-state index in [1.807, 2.05) is 31.2 Å². The number of carbonyl (C=O) groups excluding carboxylic acids is 1. The molecule has 1 fully saturated rings. The summed E-state index contributed by atoms with van der Waals surface area (Å²) >= 11 is 0. The molecule has 1 aromatic rings. The summed E-state index contributed by atoms with van der Waals surface area (Å²) in [6.45, 7) is 2.14. The van der Waals surface area contributed by atoms with Crippen LogP contribution in [0.2, 0.25) is 0 Å². The van der Waals surface area contributed by atoms with Gasteiger partial charge in [0.15, 0.2) is 0 Å². The zero-order chi connectivity index (χ0) is 18.3. The number of carboxylic acids is 1. The standard InChI is InChI=1S/C20H29NO4/c1-20(11-7-3-4-8-12-20)19(24)21-14-16(18(22)23)13-15-9-5-6-10-17(15)25-2/h5-6,9-10,16H,3-4,7-8,11-14H2,1-2H3,(H,21,24)(H,22,23). The van der Waals surface area contributed by atoms with Crippen LogP contribution in [-0.4, -0.2) is 30.6 Å². The highest BCUT2D eigenvalue weighted by molar-refractivity contribution is 5.83. The number of carbonyl (C=O) groups is 2. The lowest BCUT2D eigenvalue weighted by atomic mass is 9.81. The van der Waals surface area contributed by atoms with Crippen molar-refractivity contribution in [1.29, 1.82) is 0 Å². The number of aliphatic carboxylic acids is 1. The third-order valence-corrected chi connectivity index (χ3v) is 5.27. The van der Waals surface area contributed by atoms with Crippen LogP contribution in [0.3, 0.4) is 0 Å². The lowest BCUT2D eigenvalue weighted by molar-refractivity contribution is -0.142. The summed E-state index contributed by atoms with van der Waals surface area (Å²) in [5.74, 6) is -0.914. The van der Waals surface area contributed by atoms with E-state index in [0.717, 1.165) is 31.2 Å². The molecule has 25 heavy (non-hydrogen) atoms. The predicted octanol–water partition coefficient (Wildman–Crippen LogP) is 3.42. The summed E-state index contributed by atoms with van der Waals surface area (Å²) < 4.78 is 5.30. The molecule has 1 aromatic carbocycles. The lowest BCUT2D eigenvalue weighted by Gasteiger charge is -2.27. The van der Waals surface area contributed by atoms with Crippen molar-refractivity contribution >= 4 is 11.9 Å². The van der Waals surface area contributed by atoms with Gasteiger partial charge in [-0.05, 0) is 30.9 Å². The Kier molecular flexibility index (Phi) is 6.85. The number of carboxylic acid groups (broad SMARTS) is 1. The Morgan fingerprint density at radius 2 is 1.84 bits per heavy atom. The summed E-state index contributed by atoms with van der Waals surface area (Å²) in [6, 6.07) is 7.40. The molecule has 1 saturated carbocycles. The Morgan fingerprint density at radius 1 is 1.20 bits per heavy atom. The van der Waals surface area contributed by atoms with Crippen LogP contribution in [0.1, 0.15) is 51.0 Å². The summed E-state index contributed by atoms with van der Waals surface area (Å²) in [6.07, 6.45) is 6.56. The summed E-state index contributed by atoms with van der Waals surface area (Å²) in [5, 5.41) is 12.4. The fourth-order valence-corrected chi connectivity index (χ4v) is 3.55. The first-order valence-electron chi connectivity index (χ1n) is 9.09. The highest BCUT2D eigenvalue weighted by Gasteiger charge is 2.34. The normalized spacial score (nSPS) is 18.0. The first kappa shape index (κ1) is 19.3. The van der Waals surface area contributed by atoms with Crippen LogP contribution in [-0.2, 0) is 16.0 Å². The van der Waals surface area contributed by atoms with Crippen molar-refractivity contribution in [2.24, 2.45) is 11.3 Å². The van der Waals surface area contributed by atoms with E-state index in [4.69, 9.17) is 4.74 Å². The largest absolute Gasteiger partial charge is 0.496 e. The van der Waals surface area contributed by atoms with Gasteiger partial charge in [0.2, 0.25) is 5.91 Å². The summed E-state index contributed by atoms with van der Waals surface area (Å²) in [7, 11) is 1.57. The van der Waals surface area contributed by atoms with Crippen LogP contribution in [0.5, 0.6) is 5.75 Å². The fraction of sp³-hybridized carbons (Fsp3) is 0.600. The molecule has 0 radical (unpaired) electrons. The van der Waals surface area contributed by atoms with Crippen molar-refractivity contribution in [3.05, 3.63) is 29.8 Å². The molecule has 1 atom stereocenters. The minimum atomic E-state index is -0.905. The van der Waals surface area contributed by atoms with E-state index in [2.05, 4.69) is 5.32 Å². The Morgan fingerprint density at radius 3 is 2.44 bits per heavy atom. The van der Waals surface area contributed by atoms with Gasteiger partial charge in [-0.3, -0.25) is 9.59 Å². The number of methoxy groups -OCH3 is 1. The Balaban J connectivity index is 1.99. The predicted molar refractivity (Wildman–Crippen MR) is 96.6 cm³/mol. The smallest absolute Gasteiger partial charge is 0.308 e. The topological polar surface area (TPSA) is 75.6 Å². The first-order valence-corrected chi connectivity index (χ1v) is 9.09. The van der Waals surface area contributed by atoms with Gasteiger partial charge in [-0.15, -0.1) is 0 Å². The number of hydrogen-bond donors (Lipinski definition) is 2. The van der Waals surface area contributed by atoms with Crippen molar-refractivity contribution < 1.29 is 19.4 Å². The van der Waals surface area contributed by atoms with Crippen molar-refractivity contribution in [2.45, 2.75) is 51.9 Å². The zero-order valence-electron chi connectivity index (χ0n) is 15.2. The second-order valence-corrected chi connectivity index (χ2v) is 7.24. The van der Waals surface area contributed by atoms with Gasteiger partial charge in [0.1, 0.15) is 5.75 Å². The molecule has 5 heteroatoms. The maximum Gasteiger partial charge on any atom is 0.308 e. The van der Waals surface area contributed by atoms with Crippen LogP contribution in [0.4, 0.5) is 0 Å². The molecule has 0 aromatic heterocycles. The quantitative estimate of drug-likeness (QED) is 0.741. The fourth-order valence-electron chi connectivity index (χ4n) is 3.55. The molecule has 1 aliphatic rings. The molecule has 0 heterocycles. The number of hydrogen-bond acceptors (Lipinski definition) is 3. The van der Waals surface area contributed by atoms with E-state index in [1.54, 1.807) is 7.11 Å². The van der Waals surface area contributed by atoms with Crippen molar-refractivity contribution in [1.82, 2.24) is 5.32 Å². The Labute approximate surface area is 149 Å². The highest BCUT2D eigenvalue weighted by Crippen LogP contribution is 2.34. The lowest BCUT2D eigenvalue weighted by Crippen LogP contribution is -2.42.